The topological polar surface area (TPSA) is 42.5 Å². The smallest absolute Gasteiger partial charge is 0.0690 e. The highest BCUT2D eigenvalue weighted by molar-refractivity contribution is 4.89. The summed E-state index contributed by atoms with van der Waals surface area (Å²) in [4.78, 5) is 0. The number of nitrogens with one attached hydrogen (secondary N) is 2. The van der Waals surface area contributed by atoms with Crippen LogP contribution in [0.3, 0.4) is 0 Å². The second kappa shape index (κ2) is 8.01. The second-order valence-corrected chi connectivity index (χ2v) is 4.48. The van der Waals surface area contributed by atoms with Gasteiger partial charge in [0.1, 0.15) is 0 Å². The van der Waals surface area contributed by atoms with Crippen molar-refractivity contribution in [2.24, 2.45) is 0 Å². The SMILES string of the molecule is COCCNCCNCCC1(OC)CCC1. The number of rotatable bonds is 10. The van der Waals surface area contributed by atoms with Crippen LogP contribution in [0.2, 0.25) is 0 Å². The van der Waals surface area contributed by atoms with Crippen molar-refractivity contribution >= 4 is 0 Å². The molecule has 1 aliphatic rings. The van der Waals surface area contributed by atoms with Gasteiger partial charge in [0.15, 0.2) is 0 Å². The van der Waals surface area contributed by atoms with E-state index in [9.17, 15) is 0 Å². The van der Waals surface area contributed by atoms with Crippen LogP contribution in [0, 0.1) is 0 Å². The maximum absolute atomic E-state index is 5.56. The first-order valence-electron chi connectivity index (χ1n) is 6.28. The molecule has 0 aromatic carbocycles. The van der Waals surface area contributed by atoms with Crippen molar-refractivity contribution in [1.82, 2.24) is 10.6 Å². The first-order valence-corrected chi connectivity index (χ1v) is 6.28. The van der Waals surface area contributed by atoms with Gasteiger partial charge in [0, 0.05) is 33.9 Å². The third-order valence-corrected chi connectivity index (χ3v) is 3.42. The molecule has 0 amide bonds. The van der Waals surface area contributed by atoms with Gasteiger partial charge >= 0.3 is 0 Å². The molecule has 1 rings (SSSR count). The quantitative estimate of drug-likeness (QED) is 0.544. The monoisotopic (exact) mass is 230 g/mol. The Balaban J connectivity index is 1.84. The molecule has 1 saturated carbocycles. The fraction of sp³-hybridized carbons (Fsp3) is 1.00. The van der Waals surface area contributed by atoms with Gasteiger partial charge in [-0.25, -0.2) is 0 Å². The number of hydrogen-bond acceptors (Lipinski definition) is 4. The summed E-state index contributed by atoms with van der Waals surface area (Å²) in [7, 11) is 3.56. The lowest BCUT2D eigenvalue weighted by molar-refractivity contribution is -0.0767. The summed E-state index contributed by atoms with van der Waals surface area (Å²) in [5, 5.41) is 6.74. The fourth-order valence-electron chi connectivity index (χ4n) is 2.04. The zero-order chi connectivity index (χ0) is 11.7. The first-order chi connectivity index (χ1) is 7.83. The Kier molecular flexibility index (Phi) is 6.96. The molecule has 96 valence electrons. The summed E-state index contributed by atoms with van der Waals surface area (Å²) >= 11 is 0. The maximum Gasteiger partial charge on any atom is 0.0690 e. The summed E-state index contributed by atoms with van der Waals surface area (Å²) < 4.78 is 10.5. The minimum absolute atomic E-state index is 0.205. The number of hydrogen-bond donors (Lipinski definition) is 2. The van der Waals surface area contributed by atoms with E-state index in [-0.39, 0.29) is 5.60 Å². The molecular formula is C12H26N2O2. The van der Waals surface area contributed by atoms with Crippen LogP contribution in [0.5, 0.6) is 0 Å². The molecule has 0 bridgehead atoms. The zero-order valence-corrected chi connectivity index (χ0v) is 10.7. The molecule has 0 spiro atoms. The summed E-state index contributed by atoms with van der Waals surface area (Å²) in [6.45, 7) is 4.79. The molecule has 0 atom stereocenters. The van der Waals surface area contributed by atoms with Gasteiger partial charge in [-0.2, -0.15) is 0 Å². The van der Waals surface area contributed by atoms with Gasteiger partial charge in [-0.3, -0.25) is 0 Å². The van der Waals surface area contributed by atoms with E-state index >= 15 is 0 Å². The van der Waals surface area contributed by atoms with Gasteiger partial charge in [0.2, 0.25) is 0 Å². The van der Waals surface area contributed by atoms with E-state index in [4.69, 9.17) is 9.47 Å². The van der Waals surface area contributed by atoms with Gasteiger partial charge in [0.05, 0.1) is 12.2 Å². The van der Waals surface area contributed by atoms with Crippen molar-refractivity contribution in [2.45, 2.75) is 31.3 Å². The van der Waals surface area contributed by atoms with Crippen molar-refractivity contribution in [2.75, 3.05) is 47.0 Å². The second-order valence-electron chi connectivity index (χ2n) is 4.48. The lowest BCUT2D eigenvalue weighted by Crippen LogP contribution is -2.42. The molecule has 0 unspecified atom stereocenters. The van der Waals surface area contributed by atoms with Gasteiger partial charge in [-0.05, 0) is 32.2 Å². The van der Waals surface area contributed by atoms with Gasteiger partial charge < -0.3 is 20.1 Å². The molecule has 0 aromatic rings. The van der Waals surface area contributed by atoms with Crippen LogP contribution in [-0.2, 0) is 9.47 Å². The molecule has 16 heavy (non-hydrogen) atoms. The Morgan fingerprint density at radius 3 is 2.19 bits per heavy atom. The zero-order valence-electron chi connectivity index (χ0n) is 10.7. The Bertz CT molecular complexity index is 167. The van der Waals surface area contributed by atoms with Crippen molar-refractivity contribution in [3.63, 3.8) is 0 Å². The van der Waals surface area contributed by atoms with Crippen LogP contribution >= 0.6 is 0 Å². The van der Waals surface area contributed by atoms with Crippen molar-refractivity contribution in [3.05, 3.63) is 0 Å². The Hall–Kier alpha value is -0.160. The normalized spacial score (nSPS) is 18.4. The van der Waals surface area contributed by atoms with Gasteiger partial charge in [-0.1, -0.05) is 0 Å². The van der Waals surface area contributed by atoms with Crippen LogP contribution in [0.15, 0.2) is 0 Å². The van der Waals surface area contributed by atoms with Crippen LogP contribution in [-0.4, -0.2) is 52.6 Å². The molecule has 4 heteroatoms. The van der Waals surface area contributed by atoms with E-state index in [0.717, 1.165) is 39.2 Å². The lowest BCUT2D eigenvalue weighted by Gasteiger charge is -2.40. The number of methoxy groups -OCH3 is 2. The highest BCUT2D eigenvalue weighted by Crippen LogP contribution is 2.37. The summed E-state index contributed by atoms with van der Waals surface area (Å²) in [6.07, 6.45) is 4.93. The van der Waals surface area contributed by atoms with Crippen LogP contribution in [0.25, 0.3) is 0 Å². The van der Waals surface area contributed by atoms with Crippen molar-refractivity contribution in [1.29, 1.82) is 0 Å². The van der Waals surface area contributed by atoms with Gasteiger partial charge in [-0.15, -0.1) is 0 Å². The molecule has 4 nitrogen and oxygen atoms in total. The summed E-state index contributed by atoms with van der Waals surface area (Å²) in [6, 6.07) is 0. The minimum atomic E-state index is 0.205. The number of ether oxygens (including phenoxy) is 2. The molecule has 0 aromatic heterocycles. The molecule has 1 fully saturated rings. The van der Waals surface area contributed by atoms with E-state index in [1.165, 1.54) is 19.3 Å². The third-order valence-electron chi connectivity index (χ3n) is 3.42. The van der Waals surface area contributed by atoms with Crippen molar-refractivity contribution in [3.8, 4) is 0 Å². The van der Waals surface area contributed by atoms with E-state index in [0.29, 0.717) is 0 Å². The largest absolute Gasteiger partial charge is 0.383 e. The Labute approximate surface area is 99.1 Å². The highest BCUT2D eigenvalue weighted by atomic mass is 16.5. The molecule has 1 aliphatic carbocycles. The maximum atomic E-state index is 5.56. The molecule has 0 radical (unpaired) electrons. The fourth-order valence-corrected chi connectivity index (χ4v) is 2.04. The van der Waals surface area contributed by atoms with E-state index < -0.39 is 0 Å². The molecule has 0 saturated heterocycles. The third kappa shape index (κ3) is 4.78. The first kappa shape index (κ1) is 13.9. The molecule has 0 heterocycles. The summed E-state index contributed by atoms with van der Waals surface area (Å²) in [5.41, 5.74) is 0.205. The predicted octanol–water partition coefficient (Wildman–Crippen LogP) is 0.771. The average Bonchev–Trinajstić information content (AvgIpc) is 2.25. The van der Waals surface area contributed by atoms with Crippen LogP contribution in [0.4, 0.5) is 0 Å². The average molecular weight is 230 g/mol. The standard InChI is InChI=1S/C12H26N2O2/c1-15-11-10-14-9-8-13-7-6-12(16-2)4-3-5-12/h13-14H,3-11H2,1-2H3. The van der Waals surface area contributed by atoms with Crippen molar-refractivity contribution < 1.29 is 9.47 Å². The Morgan fingerprint density at radius 1 is 1.00 bits per heavy atom. The lowest BCUT2D eigenvalue weighted by atomic mass is 9.77. The van der Waals surface area contributed by atoms with Crippen LogP contribution < -0.4 is 10.6 Å². The molecule has 2 N–H and O–H groups in total. The minimum Gasteiger partial charge on any atom is -0.383 e. The van der Waals surface area contributed by atoms with Gasteiger partial charge in [0.25, 0.3) is 0 Å². The molecular weight excluding hydrogens is 204 g/mol. The predicted molar refractivity (Wildman–Crippen MR) is 65.8 cm³/mol. The van der Waals surface area contributed by atoms with Crippen LogP contribution in [0.1, 0.15) is 25.7 Å². The van der Waals surface area contributed by atoms with E-state index in [1.807, 2.05) is 7.11 Å². The molecule has 0 aliphatic heterocycles. The summed E-state index contributed by atoms with van der Waals surface area (Å²) in [5.74, 6) is 0. The van der Waals surface area contributed by atoms with E-state index in [1.54, 1.807) is 7.11 Å². The highest BCUT2D eigenvalue weighted by Gasteiger charge is 2.35. The Morgan fingerprint density at radius 2 is 1.69 bits per heavy atom. The van der Waals surface area contributed by atoms with E-state index in [2.05, 4.69) is 10.6 Å².